The van der Waals surface area contributed by atoms with Crippen LogP contribution in [-0.2, 0) is 17.9 Å². The van der Waals surface area contributed by atoms with E-state index in [1.165, 1.54) is 5.56 Å². The largest absolute Gasteiger partial charge is 0.507 e. The maximum atomic E-state index is 13.2. The SMILES string of the molecule is Cc1ccc(CNC(=O)C2=Cc3cc(C)ccc3CN=C2c2ccccc2O)cc1. The first-order valence-electron chi connectivity index (χ1n) is 9.99. The van der Waals surface area contributed by atoms with Crippen LogP contribution in [0.5, 0.6) is 5.75 Å². The van der Waals surface area contributed by atoms with Gasteiger partial charge < -0.3 is 10.4 Å². The van der Waals surface area contributed by atoms with Crippen molar-refractivity contribution >= 4 is 17.7 Å². The molecule has 3 aromatic carbocycles. The van der Waals surface area contributed by atoms with Gasteiger partial charge in [0.15, 0.2) is 0 Å². The number of phenols is 1. The van der Waals surface area contributed by atoms with Crippen molar-refractivity contribution in [2.75, 3.05) is 0 Å². The van der Waals surface area contributed by atoms with Crippen LogP contribution in [0.4, 0.5) is 0 Å². The minimum atomic E-state index is -0.216. The lowest BCUT2D eigenvalue weighted by Gasteiger charge is -2.13. The molecule has 0 atom stereocenters. The molecule has 0 aromatic heterocycles. The maximum Gasteiger partial charge on any atom is 0.253 e. The second-order valence-electron chi connectivity index (χ2n) is 7.61. The average molecular weight is 396 g/mol. The van der Waals surface area contributed by atoms with Crippen LogP contribution in [0.1, 0.15) is 33.4 Å². The van der Waals surface area contributed by atoms with Gasteiger partial charge in [-0.2, -0.15) is 0 Å². The van der Waals surface area contributed by atoms with Gasteiger partial charge in [0.25, 0.3) is 5.91 Å². The summed E-state index contributed by atoms with van der Waals surface area (Å²) in [6.45, 7) is 4.93. The quantitative estimate of drug-likeness (QED) is 0.671. The zero-order valence-corrected chi connectivity index (χ0v) is 17.1. The number of nitrogens with one attached hydrogen (secondary N) is 1. The summed E-state index contributed by atoms with van der Waals surface area (Å²) in [5.74, 6) is -0.109. The lowest BCUT2D eigenvalue weighted by molar-refractivity contribution is -0.117. The van der Waals surface area contributed by atoms with Gasteiger partial charge in [0.05, 0.1) is 17.8 Å². The Kier molecular flexibility index (Phi) is 5.48. The lowest BCUT2D eigenvalue weighted by atomic mass is 9.97. The number of fused-ring (bicyclic) bond motifs is 1. The van der Waals surface area contributed by atoms with E-state index in [0.717, 1.165) is 22.3 Å². The van der Waals surface area contributed by atoms with Crippen LogP contribution in [0.25, 0.3) is 6.08 Å². The van der Waals surface area contributed by atoms with Crippen LogP contribution in [0.2, 0.25) is 0 Å². The van der Waals surface area contributed by atoms with Crippen molar-refractivity contribution in [1.82, 2.24) is 5.32 Å². The zero-order valence-electron chi connectivity index (χ0n) is 17.1. The maximum absolute atomic E-state index is 13.2. The molecule has 0 saturated heterocycles. The zero-order chi connectivity index (χ0) is 21.1. The number of aryl methyl sites for hydroxylation is 2. The van der Waals surface area contributed by atoms with E-state index in [1.54, 1.807) is 18.2 Å². The van der Waals surface area contributed by atoms with Crippen molar-refractivity contribution in [3.63, 3.8) is 0 Å². The van der Waals surface area contributed by atoms with E-state index < -0.39 is 0 Å². The third-order valence-electron chi connectivity index (χ3n) is 5.24. The third kappa shape index (κ3) is 4.18. The fourth-order valence-corrected chi connectivity index (χ4v) is 3.53. The highest BCUT2D eigenvalue weighted by atomic mass is 16.3. The Balaban J connectivity index is 1.71. The number of para-hydroxylation sites is 1. The molecular formula is C26H24N2O2. The third-order valence-corrected chi connectivity index (χ3v) is 5.24. The fraction of sp³-hybridized carbons (Fsp3) is 0.154. The van der Waals surface area contributed by atoms with Crippen LogP contribution >= 0.6 is 0 Å². The molecule has 0 aliphatic carbocycles. The first-order valence-corrected chi connectivity index (χ1v) is 9.99. The number of nitrogens with zero attached hydrogens (tertiary/aromatic N) is 1. The molecule has 150 valence electrons. The van der Waals surface area contributed by atoms with Crippen LogP contribution < -0.4 is 5.32 Å². The smallest absolute Gasteiger partial charge is 0.253 e. The molecule has 0 radical (unpaired) electrons. The van der Waals surface area contributed by atoms with E-state index in [-0.39, 0.29) is 11.7 Å². The Morgan fingerprint density at radius 3 is 2.50 bits per heavy atom. The molecule has 1 amide bonds. The van der Waals surface area contributed by atoms with Gasteiger partial charge in [0.2, 0.25) is 0 Å². The molecule has 0 spiro atoms. The van der Waals surface area contributed by atoms with Crippen LogP contribution in [0.15, 0.2) is 77.3 Å². The van der Waals surface area contributed by atoms with E-state index >= 15 is 0 Å². The molecule has 1 heterocycles. The van der Waals surface area contributed by atoms with E-state index in [9.17, 15) is 9.90 Å². The average Bonchev–Trinajstić information content (AvgIpc) is 2.93. The number of hydrogen-bond acceptors (Lipinski definition) is 3. The molecule has 4 nitrogen and oxygen atoms in total. The van der Waals surface area contributed by atoms with E-state index in [0.29, 0.717) is 29.9 Å². The second kappa shape index (κ2) is 8.37. The summed E-state index contributed by atoms with van der Waals surface area (Å²) in [7, 11) is 0. The molecule has 4 heteroatoms. The normalized spacial score (nSPS) is 13.0. The van der Waals surface area contributed by atoms with Gasteiger partial charge in [-0.05, 0) is 48.7 Å². The molecule has 1 aliphatic heterocycles. The van der Waals surface area contributed by atoms with Gasteiger partial charge in [-0.25, -0.2) is 0 Å². The van der Waals surface area contributed by atoms with Gasteiger partial charge in [-0.15, -0.1) is 0 Å². The van der Waals surface area contributed by atoms with Crippen LogP contribution in [0, 0.1) is 13.8 Å². The van der Waals surface area contributed by atoms with E-state index in [4.69, 9.17) is 4.99 Å². The number of aliphatic imine (C=N–C) groups is 1. The lowest BCUT2D eigenvalue weighted by Crippen LogP contribution is -2.28. The molecule has 4 rings (SSSR count). The number of phenolic OH excluding ortho intramolecular Hbond substituents is 1. The summed E-state index contributed by atoms with van der Waals surface area (Å²) in [6, 6.07) is 21.2. The molecule has 0 saturated carbocycles. The summed E-state index contributed by atoms with van der Waals surface area (Å²) in [6.07, 6.45) is 1.88. The Morgan fingerprint density at radius 1 is 1.00 bits per heavy atom. The Bertz CT molecular complexity index is 1160. The van der Waals surface area contributed by atoms with Crippen molar-refractivity contribution in [2.24, 2.45) is 4.99 Å². The molecule has 0 fully saturated rings. The molecule has 0 unspecified atom stereocenters. The first kappa shape index (κ1) is 19.6. The van der Waals surface area contributed by atoms with Crippen molar-refractivity contribution in [2.45, 2.75) is 26.9 Å². The Morgan fingerprint density at radius 2 is 1.73 bits per heavy atom. The highest BCUT2D eigenvalue weighted by Gasteiger charge is 2.23. The highest BCUT2D eigenvalue weighted by Crippen LogP contribution is 2.27. The second-order valence-corrected chi connectivity index (χ2v) is 7.61. The monoisotopic (exact) mass is 396 g/mol. The number of carbonyl (C=O) groups excluding carboxylic acids is 1. The number of benzene rings is 3. The van der Waals surface area contributed by atoms with Crippen molar-refractivity contribution < 1.29 is 9.90 Å². The van der Waals surface area contributed by atoms with Crippen LogP contribution in [0.3, 0.4) is 0 Å². The topological polar surface area (TPSA) is 61.7 Å². The predicted molar refractivity (Wildman–Crippen MR) is 121 cm³/mol. The number of aromatic hydroxyl groups is 1. The fourth-order valence-electron chi connectivity index (χ4n) is 3.53. The van der Waals surface area contributed by atoms with Crippen molar-refractivity contribution in [3.8, 4) is 5.75 Å². The predicted octanol–water partition coefficient (Wildman–Crippen LogP) is 4.71. The summed E-state index contributed by atoms with van der Waals surface area (Å²) >= 11 is 0. The van der Waals surface area contributed by atoms with Gasteiger partial charge in [0.1, 0.15) is 5.75 Å². The minimum absolute atomic E-state index is 0.107. The van der Waals surface area contributed by atoms with Crippen molar-refractivity contribution in [3.05, 3.63) is 106 Å². The Labute approximate surface area is 176 Å². The number of hydrogen-bond donors (Lipinski definition) is 2. The Hall–Kier alpha value is -3.66. The van der Waals surface area contributed by atoms with Gasteiger partial charge in [-0.1, -0.05) is 65.7 Å². The van der Waals surface area contributed by atoms with Gasteiger partial charge >= 0.3 is 0 Å². The van der Waals surface area contributed by atoms with Crippen LogP contribution in [-0.4, -0.2) is 16.7 Å². The number of carbonyl (C=O) groups is 1. The molecular weight excluding hydrogens is 372 g/mol. The van der Waals surface area contributed by atoms with E-state index in [1.807, 2.05) is 62.4 Å². The molecule has 0 bridgehead atoms. The van der Waals surface area contributed by atoms with Crippen molar-refractivity contribution in [1.29, 1.82) is 0 Å². The summed E-state index contributed by atoms with van der Waals surface area (Å²) in [5.41, 5.74) is 6.86. The standard InChI is InChI=1S/C26H24N2O2/c1-17-7-10-19(11-8-17)15-28-26(30)23-14-21-13-18(2)9-12-20(21)16-27-25(23)22-5-3-4-6-24(22)29/h3-14,29H,15-16H2,1-2H3,(H,28,30). The van der Waals surface area contributed by atoms with Gasteiger partial charge in [-0.3, -0.25) is 9.79 Å². The highest BCUT2D eigenvalue weighted by molar-refractivity contribution is 6.31. The van der Waals surface area contributed by atoms with Gasteiger partial charge in [0, 0.05) is 12.1 Å². The molecule has 2 N–H and O–H groups in total. The molecule has 3 aromatic rings. The number of amides is 1. The molecule has 30 heavy (non-hydrogen) atoms. The first-order chi connectivity index (χ1) is 14.5. The summed E-state index contributed by atoms with van der Waals surface area (Å²) < 4.78 is 0. The summed E-state index contributed by atoms with van der Waals surface area (Å²) in [5, 5.41) is 13.4. The molecule has 1 aliphatic rings. The number of rotatable bonds is 4. The summed E-state index contributed by atoms with van der Waals surface area (Å²) in [4.78, 5) is 18.0. The van der Waals surface area contributed by atoms with E-state index in [2.05, 4.69) is 11.4 Å². The minimum Gasteiger partial charge on any atom is -0.507 e.